The van der Waals surface area contributed by atoms with Crippen molar-refractivity contribution < 1.29 is 13.9 Å². The van der Waals surface area contributed by atoms with Crippen LogP contribution in [0.25, 0.3) is 0 Å². The van der Waals surface area contributed by atoms with Gasteiger partial charge in [-0.15, -0.1) is 0 Å². The van der Waals surface area contributed by atoms with Gasteiger partial charge in [-0.3, -0.25) is 0 Å². The van der Waals surface area contributed by atoms with Gasteiger partial charge in [0.2, 0.25) is 0 Å². The van der Waals surface area contributed by atoms with Crippen molar-refractivity contribution in [3.8, 4) is 0 Å². The predicted molar refractivity (Wildman–Crippen MR) is 59.1 cm³/mol. The van der Waals surface area contributed by atoms with E-state index in [0.717, 1.165) is 0 Å². The molecular formula is C12H17F2NO. The smallest absolute Gasteiger partial charge is 0.130 e. The molecule has 90 valence electrons. The maximum atomic E-state index is 13.4. The van der Waals surface area contributed by atoms with Crippen molar-refractivity contribution >= 4 is 0 Å². The molecule has 4 heteroatoms. The molecule has 0 aliphatic carbocycles. The lowest BCUT2D eigenvalue weighted by Gasteiger charge is -2.22. The molecule has 0 saturated carbocycles. The summed E-state index contributed by atoms with van der Waals surface area (Å²) in [5, 5.41) is 12.4. The fourth-order valence-corrected chi connectivity index (χ4v) is 1.43. The van der Waals surface area contributed by atoms with Gasteiger partial charge in [-0.05, 0) is 32.9 Å². The number of hydrogen-bond donors (Lipinski definition) is 2. The van der Waals surface area contributed by atoms with Crippen LogP contribution in [0.2, 0.25) is 0 Å². The van der Waals surface area contributed by atoms with Crippen molar-refractivity contribution in [3.63, 3.8) is 0 Å². The molecular weight excluding hydrogens is 212 g/mol. The zero-order valence-corrected chi connectivity index (χ0v) is 9.72. The molecule has 2 N–H and O–H groups in total. The van der Waals surface area contributed by atoms with Gasteiger partial charge in [0.25, 0.3) is 0 Å². The summed E-state index contributed by atoms with van der Waals surface area (Å²) in [5.41, 5.74) is -0.901. The van der Waals surface area contributed by atoms with E-state index in [1.54, 1.807) is 20.8 Å². The second kappa shape index (κ2) is 4.89. The van der Waals surface area contributed by atoms with Crippen molar-refractivity contribution in [2.24, 2.45) is 0 Å². The average Bonchev–Trinajstić information content (AvgIpc) is 2.13. The Hall–Kier alpha value is -1.00. The van der Waals surface area contributed by atoms with Crippen LogP contribution in [0.4, 0.5) is 8.78 Å². The highest BCUT2D eigenvalue weighted by molar-refractivity contribution is 5.22. The van der Waals surface area contributed by atoms with Gasteiger partial charge in [0, 0.05) is 18.2 Å². The van der Waals surface area contributed by atoms with Gasteiger partial charge in [-0.25, -0.2) is 8.78 Å². The molecule has 0 spiro atoms. The molecule has 0 aliphatic heterocycles. The number of aliphatic hydroxyl groups is 1. The lowest BCUT2D eigenvalue weighted by molar-refractivity contribution is 0.0767. The molecule has 1 atom stereocenters. The van der Waals surface area contributed by atoms with E-state index in [-0.39, 0.29) is 12.1 Å². The van der Waals surface area contributed by atoms with Gasteiger partial charge in [0.1, 0.15) is 11.6 Å². The van der Waals surface area contributed by atoms with Gasteiger partial charge in [0.05, 0.1) is 5.60 Å². The highest BCUT2D eigenvalue weighted by Gasteiger charge is 2.18. The van der Waals surface area contributed by atoms with Crippen molar-refractivity contribution in [2.45, 2.75) is 32.4 Å². The predicted octanol–water partition coefficient (Wildman–Crippen LogP) is 2.39. The molecule has 1 aromatic rings. The highest BCUT2D eigenvalue weighted by Crippen LogP contribution is 2.20. The van der Waals surface area contributed by atoms with Gasteiger partial charge >= 0.3 is 0 Å². The van der Waals surface area contributed by atoms with E-state index in [1.165, 1.54) is 18.2 Å². The molecule has 0 saturated heterocycles. The van der Waals surface area contributed by atoms with E-state index < -0.39 is 23.3 Å². The summed E-state index contributed by atoms with van der Waals surface area (Å²) in [5.74, 6) is -1.15. The van der Waals surface area contributed by atoms with Crippen molar-refractivity contribution in [3.05, 3.63) is 35.4 Å². The molecule has 0 heterocycles. The molecule has 0 aliphatic rings. The number of halogens is 2. The van der Waals surface area contributed by atoms with Crippen LogP contribution in [0.15, 0.2) is 18.2 Å². The third-order valence-electron chi connectivity index (χ3n) is 2.27. The summed E-state index contributed by atoms with van der Waals surface area (Å²) in [6.07, 6.45) is 0. The second-order valence-electron chi connectivity index (χ2n) is 4.55. The summed E-state index contributed by atoms with van der Waals surface area (Å²) in [7, 11) is 0. The molecule has 0 amide bonds. The van der Waals surface area contributed by atoms with E-state index in [2.05, 4.69) is 5.32 Å². The summed E-state index contributed by atoms with van der Waals surface area (Å²) in [6, 6.07) is 3.30. The minimum absolute atomic E-state index is 0.00625. The minimum Gasteiger partial charge on any atom is -0.389 e. The molecule has 0 aromatic heterocycles. The lowest BCUT2D eigenvalue weighted by atomic mass is 10.1. The fourth-order valence-electron chi connectivity index (χ4n) is 1.43. The average molecular weight is 229 g/mol. The molecule has 1 rings (SSSR count). The van der Waals surface area contributed by atoms with Crippen LogP contribution in [0.3, 0.4) is 0 Å². The zero-order valence-electron chi connectivity index (χ0n) is 9.72. The van der Waals surface area contributed by atoms with Crippen LogP contribution in [0.1, 0.15) is 32.4 Å². The Kier molecular flexibility index (Phi) is 3.99. The third kappa shape index (κ3) is 3.54. The number of benzene rings is 1. The molecule has 1 unspecified atom stereocenters. The van der Waals surface area contributed by atoms with E-state index in [1.807, 2.05) is 0 Å². The molecule has 1 aromatic carbocycles. The topological polar surface area (TPSA) is 32.3 Å². The molecule has 2 nitrogen and oxygen atoms in total. The van der Waals surface area contributed by atoms with Crippen LogP contribution in [0, 0.1) is 11.6 Å². The number of nitrogens with one attached hydrogen (secondary N) is 1. The van der Waals surface area contributed by atoms with Gasteiger partial charge in [-0.2, -0.15) is 0 Å². The van der Waals surface area contributed by atoms with Crippen LogP contribution >= 0.6 is 0 Å². The van der Waals surface area contributed by atoms with Crippen LogP contribution < -0.4 is 5.32 Å². The Morgan fingerprint density at radius 2 is 1.81 bits per heavy atom. The highest BCUT2D eigenvalue weighted by atomic mass is 19.1. The summed E-state index contributed by atoms with van der Waals surface area (Å²) < 4.78 is 26.8. The maximum absolute atomic E-state index is 13.4. The van der Waals surface area contributed by atoms with E-state index in [4.69, 9.17) is 0 Å². The van der Waals surface area contributed by atoms with Crippen molar-refractivity contribution in [1.82, 2.24) is 5.32 Å². The molecule has 0 bridgehead atoms. The Morgan fingerprint density at radius 3 is 2.25 bits per heavy atom. The zero-order chi connectivity index (χ0) is 12.3. The first-order chi connectivity index (χ1) is 7.31. The quantitative estimate of drug-likeness (QED) is 0.830. The van der Waals surface area contributed by atoms with Crippen molar-refractivity contribution in [1.29, 1.82) is 0 Å². The Balaban J connectivity index is 2.77. The number of hydrogen-bond acceptors (Lipinski definition) is 2. The standard InChI is InChI=1S/C12H17F2NO/c1-8(15-7-12(2,3)16)11-9(13)5-4-6-10(11)14/h4-6,8,15-16H,7H2,1-3H3. The monoisotopic (exact) mass is 229 g/mol. The summed E-state index contributed by atoms with van der Waals surface area (Å²) >= 11 is 0. The van der Waals surface area contributed by atoms with Crippen LogP contribution in [0.5, 0.6) is 0 Å². The summed E-state index contributed by atoms with van der Waals surface area (Å²) in [6.45, 7) is 5.18. The first-order valence-electron chi connectivity index (χ1n) is 5.21. The van der Waals surface area contributed by atoms with E-state index >= 15 is 0 Å². The Morgan fingerprint density at radius 1 is 1.31 bits per heavy atom. The van der Waals surface area contributed by atoms with Crippen molar-refractivity contribution in [2.75, 3.05) is 6.54 Å². The second-order valence-corrected chi connectivity index (χ2v) is 4.55. The Labute approximate surface area is 94.3 Å². The number of rotatable bonds is 4. The van der Waals surface area contributed by atoms with E-state index in [9.17, 15) is 13.9 Å². The normalized spacial score (nSPS) is 13.9. The van der Waals surface area contributed by atoms with Crippen LogP contribution in [-0.4, -0.2) is 17.3 Å². The first kappa shape index (κ1) is 13.1. The third-order valence-corrected chi connectivity index (χ3v) is 2.27. The summed E-state index contributed by atoms with van der Waals surface area (Å²) in [4.78, 5) is 0. The van der Waals surface area contributed by atoms with Gasteiger partial charge in [0.15, 0.2) is 0 Å². The largest absolute Gasteiger partial charge is 0.389 e. The van der Waals surface area contributed by atoms with Gasteiger partial charge < -0.3 is 10.4 Å². The van der Waals surface area contributed by atoms with Crippen LogP contribution in [-0.2, 0) is 0 Å². The van der Waals surface area contributed by atoms with E-state index in [0.29, 0.717) is 0 Å². The first-order valence-corrected chi connectivity index (χ1v) is 5.21. The maximum Gasteiger partial charge on any atom is 0.130 e. The molecule has 16 heavy (non-hydrogen) atoms. The molecule has 0 fully saturated rings. The Bertz CT molecular complexity index is 340. The van der Waals surface area contributed by atoms with Gasteiger partial charge in [-0.1, -0.05) is 6.07 Å². The molecule has 0 radical (unpaired) electrons. The SMILES string of the molecule is CC(NCC(C)(C)O)c1c(F)cccc1F. The lowest BCUT2D eigenvalue weighted by Crippen LogP contribution is -2.36. The fraction of sp³-hybridized carbons (Fsp3) is 0.500. The minimum atomic E-state index is -0.907.